The molecule has 3 rings (SSSR count). The van der Waals surface area contributed by atoms with Crippen LogP contribution in [0.1, 0.15) is 23.2 Å². The van der Waals surface area contributed by atoms with Crippen LogP contribution in [0.4, 0.5) is 18.9 Å². The van der Waals surface area contributed by atoms with E-state index in [1.807, 2.05) is 0 Å². The molecule has 0 spiro atoms. The lowest BCUT2D eigenvalue weighted by molar-refractivity contribution is -0.123. The van der Waals surface area contributed by atoms with E-state index in [2.05, 4.69) is 5.32 Å². The van der Waals surface area contributed by atoms with Crippen molar-refractivity contribution in [2.45, 2.75) is 30.0 Å². The Bertz CT molecular complexity index is 1040. The number of carbonyl (C=O) groups excluding carboxylic acids is 2. The predicted molar refractivity (Wildman–Crippen MR) is 107 cm³/mol. The molecular formula is C20H20F3N3O4S. The first kappa shape index (κ1) is 22.8. The average Bonchev–Trinajstić information content (AvgIpc) is 3.24. The average molecular weight is 455 g/mol. The summed E-state index contributed by atoms with van der Waals surface area (Å²) in [5, 5.41) is 4.36. The van der Waals surface area contributed by atoms with E-state index in [0.717, 1.165) is 4.31 Å². The number of anilines is 1. The number of amides is 2. The van der Waals surface area contributed by atoms with E-state index in [0.29, 0.717) is 18.5 Å². The van der Waals surface area contributed by atoms with E-state index < -0.39 is 40.6 Å². The summed E-state index contributed by atoms with van der Waals surface area (Å²) in [6.07, 6.45) is -3.63. The van der Waals surface area contributed by atoms with Crippen molar-refractivity contribution < 1.29 is 31.2 Å². The molecule has 2 amide bonds. The molecule has 1 saturated heterocycles. The van der Waals surface area contributed by atoms with Gasteiger partial charge in [0.25, 0.3) is 5.91 Å². The smallest absolute Gasteiger partial charge is 0.343 e. The van der Waals surface area contributed by atoms with Gasteiger partial charge in [-0.15, -0.1) is 0 Å². The van der Waals surface area contributed by atoms with Crippen LogP contribution in [0.2, 0.25) is 0 Å². The molecule has 7 nitrogen and oxygen atoms in total. The summed E-state index contributed by atoms with van der Waals surface area (Å²) < 4.78 is 63.5. The van der Waals surface area contributed by atoms with Gasteiger partial charge in [-0.2, -0.15) is 17.5 Å². The van der Waals surface area contributed by atoms with Gasteiger partial charge in [0.15, 0.2) is 0 Å². The van der Waals surface area contributed by atoms with Gasteiger partial charge >= 0.3 is 6.18 Å². The molecule has 0 aliphatic carbocycles. The quantitative estimate of drug-likeness (QED) is 0.700. The van der Waals surface area contributed by atoms with Crippen molar-refractivity contribution >= 4 is 27.5 Å². The molecule has 31 heavy (non-hydrogen) atoms. The van der Waals surface area contributed by atoms with Crippen molar-refractivity contribution in [1.82, 2.24) is 9.62 Å². The van der Waals surface area contributed by atoms with E-state index in [4.69, 9.17) is 0 Å². The lowest BCUT2D eigenvalue weighted by atomic mass is 10.1. The Morgan fingerprint density at radius 1 is 1.03 bits per heavy atom. The molecule has 11 heteroatoms. The summed E-state index contributed by atoms with van der Waals surface area (Å²) in [5.41, 5.74) is 0.290. The molecule has 2 N–H and O–H groups in total. The molecule has 1 aliphatic rings. The molecule has 2 aromatic rings. The van der Waals surface area contributed by atoms with Gasteiger partial charge in [0.05, 0.1) is 4.90 Å². The van der Waals surface area contributed by atoms with Crippen LogP contribution in [-0.4, -0.2) is 49.8 Å². The van der Waals surface area contributed by atoms with Gasteiger partial charge in [-0.25, -0.2) is 8.42 Å². The summed E-state index contributed by atoms with van der Waals surface area (Å²) >= 11 is 0. The molecule has 0 bridgehead atoms. The highest BCUT2D eigenvalue weighted by atomic mass is 32.2. The highest BCUT2D eigenvalue weighted by Gasteiger charge is 2.39. The van der Waals surface area contributed by atoms with Crippen molar-refractivity contribution in [3.05, 3.63) is 60.2 Å². The third-order valence-corrected chi connectivity index (χ3v) is 6.64. The van der Waals surface area contributed by atoms with E-state index in [1.54, 1.807) is 23.5 Å². The largest absolute Gasteiger partial charge is 0.405 e. The summed E-state index contributed by atoms with van der Waals surface area (Å²) in [6, 6.07) is 12.2. The number of benzene rings is 2. The van der Waals surface area contributed by atoms with Gasteiger partial charge in [-0.05, 0) is 49.2 Å². The van der Waals surface area contributed by atoms with Gasteiger partial charge in [0, 0.05) is 17.8 Å². The molecule has 0 aromatic heterocycles. The Morgan fingerprint density at radius 3 is 2.29 bits per heavy atom. The normalized spacial score (nSPS) is 17.3. The standard InChI is InChI=1S/C20H20F3N3O4S/c21-20(22,23)13-24-18(27)14-8-10-15(11-9-14)25-19(28)17-7-4-12-26(17)31(29,30)16-5-2-1-3-6-16/h1-3,5-6,8-11,17H,4,7,12-13H2,(H,24,27)(H,25,28)/t17-/m0/s1. The van der Waals surface area contributed by atoms with E-state index in [-0.39, 0.29) is 17.0 Å². The summed E-state index contributed by atoms with van der Waals surface area (Å²) in [7, 11) is -3.83. The molecule has 2 aromatic carbocycles. The third kappa shape index (κ3) is 5.61. The van der Waals surface area contributed by atoms with Crippen molar-refractivity contribution in [1.29, 1.82) is 0 Å². The second-order valence-electron chi connectivity index (χ2n) is 6.95. The second kappa shape index (κ2) is 9.06. The minimum Gasteiger partial charge on any atom is -0.343 e. The summed E-state index contributed by atoms with van der Waals surface area (Å²) in [5.74, 6) is -1.42. The second-order valence-corrected chi connectivity index (χ2v) is 8.84. The maximum atomic E-state index is 12.9. The fourth-order valence-electron chi connectivity index (χ4n) is 3.23. The summed E-state index contributed by atoms with van der Waals surface area (Å²) in [4.78, 5) is 24.6. The fourth-order valence-corrected chi connectivity index (χ4v) is 4.91. The van der Waals surface area contributed by atoms with Crippen LogP contribution in [-0.2, 0) is 14.8 Å². The molecule has 1 fully saturated rings. The van der Waals surface area contributed by atoms with Gasteiger partial charge in [-0.3, -0.25) is 9.59 Å². The molecule has 0 saturated carbocycles. The molecule has 1 atom stereocenters. The van der Waals surface area contributed by atoms with Crippen molar-refractivity contribution in [3.8, 4) is 0 Å². The van der Waals surface area contributed by atoms with E-state index in [1.165, 1.54) is 36.4 Å². The number of hydrogen-bond donors (Lipinski definition) is 2. The van der Waals surface area contributed by atoms with Gasteiger partial charge < -0.3 is 10.6 Å². The van der Waals surface area contributed by atoms with Crippen LogP contribution in [0, 0.1) is 0 Å². The molecule has 1 aliphatic heterocycles. The first-order valence-corrected chi connectivity index (χ1v) is 10.8. The first-order valence-electron chi connectivity index (χ1n) is 9.41. The van der Waals surface area contributed by atoms with Gasteiger partial charge in [-0.1, -0.05) is 18.2 Å². The number of carbonyl (C=O) groups is 2. The zero-order chi connectivity index (χ0) is 22.6. The third-order valence-electron chi connectivity index (χ3n) is 4.72. The number of rotatable bonds is 6. The Labute approximate surface area is 177 Å². The molecule has 0 unspecified atom stereocenters. The monoisotopic (exact) mass is 455 g/mol. The van der Waals surface area contributed by atoms with Crippen LogP contribution in [0.3, 0.4) is 0 Å². The Hall–Kier alpha value is -2.92. The zero-order valence-electron chi connectivity index (χ0n) is 16.2. The van der Waals surface area contributed by atoms with Crippen LogP contribution >= 0.6 is 0 Å². The van der Waals surface area contributed by atoms with Gasteiger partial charge in [0.1, 0.15) is 12.6 Å². The predicted octanol–water partition coefficient (Wildman–Crippen LogP) is 2.77. The highest BCUT2D eigenvalue weighted by Crippen LogP contribution is 2.27. The Kier molecular flexibility index (Phi) is 6.65. The topological polar surface area (TPSA) is 95.6 Å². The van der Waals surface area contributed by atoms with E-state index in [9.17, 15) is 31.2 Å². The molecular weight excluding hydrogens is 435 g/mol. The van der Waals surface area contributed by atoms with Gasteiger partial charge in [0.2, 0.25) is 15.9 Å². The zero-order valence-corrected chi connectivity index (χ0v) is 17.0. The van der Waals surface area contributed by atoms with Crippen molar-refractivity contribution in [3.63, 3.8) is 0 Å². The number of alkyl halides is 3. The SMILES string of the molecule is O=C(NCC(F)(F)F)c1ccc(NC(=O)[C@@H]2CCCN2S(=O)(=O)c2ccccc2)cc1. The molecule has 166 valence electrons. The lowest BCUT2D eigenvalue weighted by Gasteiger charge is -2.23. The van der Waals surface area contributed by atoms with Crippen LogP contribution in [0.25, 0.3) is 0 Å². The van der Waals surface area contributed by atoms with Crippen LogP contribution < -0.4 is 10.6 Å². The maximum absolute atomic E-state index is 12.9. The maximum Gasteiger partial charge on any atom is 0.405 e. The molecule has 1 heterocycles. The summed E-state index contributed by atoms with van der Waals surface area (Å²) in [6.45, 7) is -1.23. The Morgan fingerprint density at radius 2 is 1.68 bits per heavy atom. The minimum absolute atomic E-state index is 0.00334. The first-order chi connectivity index (χ1) is 14.6. The minimum atomic E-state index is -4.52. The fraction of sp³-hybridized carbons (Fsp3) is 0.300. The van der Waals surface area contributed by atoms with Crippen molar-refractivity contribution in [2.75, 3.05) is 18.4 Å². The van der Waals surface area contributed by atoms with Crippen molar-refractivity contribution in [2.24, 2.45) is 0 Å². The van der Waals surface area contributed by atoms with E-state index >= 15 is 0 Å². The lowest BCUT2D eigenvalue weighted by Crippen LogP contribution is -2.43. The number of sulfonamides is 1. The number of nitrogens with zero attached hydrogens (tertiary/aromatic N) is 1. The van der Waals surface area contributed by atoms with Crippen LogP contribution in [0.5, 0.6) is 0 Å². The number of halogens is 3. The number of nitrogens with one attached hydrogen (secondary N) is 2. The van der Waals surface area contributed by atoms with Crippen LogP contribution in [0.15, 0.2) is 59.5 Å². The number of hydrogen-bond acceptors (Lipinski definition) is 4. The Balaban J connectivity index is 1.66. The molecule has 0 radical (unpaired) electrons. The highest BCUT2D eigenvalue weighted by molar-refractivity contribution is 7.89.